The monoisotopic (exact) mass is 290 g/mol. The predicted molar refractivity (Wildman–Crippen MR) is 74.7 cm³/mol. The minimum Gasteiger partial charge on any atom is -0.352 e. The molecule has 0 radical (unpaired) electrons. The van der Waals surface area contributed by atoms with Crippen LogP contribution in [0.1, 0.15) is 30.5 Å². The highest BCUT2D eigenvalue weighted by molar-refractivity contribution is 5.90. The van der Waals surface area contributed by atoms with Gasteiger partial charge < -0.3 is 10.6 Å². The van der Waals surface area contributed by atoms with Crippen LogP contribution in [-0.4, -0.2) is 34.2 Å². The maximum absolute atomic E-state index is 11.9. The first-order valence-corrected chi connectivity index (χ1v) is 7.30. The van der Waals surface area contributed by atoms with E-state index in [1.165, 1.54) is 4.68 Å². The van der Waals surface area contributed by atoms with Gasteiger partial charge in [-0.15, -0.1) is 0 Å². The zero-order valence-electron chi connectivity index (χ0n) is 11.7. The van der Waals surface area contributed by atoms with Crippen LogP contribution in [0.3, 0.4) is 0 Å². The highest BCUT2D eigenvalue weighted by Gasteiger charge is 2.26. The summed E-state index contributed by atoms with van der Waals surface area (Å²) in [6.45, 7) is 0.676. The van der Waals surface area contributed by atoms with Gasteiger partial charge in [0.15, 0.2) is 0 Å². The van der Waals surface area contributed by atoms with Gasteiger partial charge in [-0.25, -0.2) is 4.68 Å². The number of nitrogens with zero attached hydrogens (tertiary/aromatic N) is 2. The lowest BCUT2D eigenvalue weighted by Crippen LogP contribution is -2.43. The maximum atomic E-state index is 11.9. The molecule has 1 aliphatic heterocycles. The quantitative estimate of drug-likeness (QED) is 0.753. The Balaban J connectivity index is 1.55. The van der Waals surface area contributed by atoms with Crippen molar-refractivity contribution in [3.8, 4) is 0 Å². The van der Waals surface area contributed by atoms with Crippen molar-refractivity contribution in [3.63, 3.8) is 0 Å². The molecule has 3 rings (SSSR count). The molecule has 1 aromatic heterocycles. The average molecular weight is 290 g/mol. The summed E-state index contributed by atoms with van der Waals surface area (Å²) in [6.07, 6.45) is 3.81. The molecule has 1 aromatic rings. The van der Waals surface area contributed by atoms with Crippen LogP contribution < -0.4 is 16.2 Å². The third-order valence-electron chi connectivity index (χ3n) is 3.96. The highest BCUT2D eigenvalue weighted by atomic mass is 16.2. The Labute approximate surface area is 121 Å². The van der Waals surface area contributed by atoms with Gasteiger partial charge in [0.25, 0.3) is 5.56 Å². The molecular formula is C14H18N4O3. The van der Waals surface area contributed by atoms with Crippen LogP contribution in [0.2, 0.25) is 0 Å². The van der Waals surface area contributed by atoms with Crippen molar-refractivity contribution >= 4 is 11.8 Å². The smallest absolute Gasteiger partial charge is 0.267 e. The van der Waals surface area contributed by atoms with Crippen LogP contribution in [0, 0.1) is 0 Å². The van der Waals surface area contributed by atoms with Crippen molar-refractivity contribution in [1.82, 2.24) is 20.4 Å². The molecule has 2 amide bonds. The second kappa shape index (κ2) is 5.67. The number of aryl methyl sites for hydroxylation is 2. The summed E-state index contributed by atoms with van der Waals surface area (Å²) in [7, 11) is 0. The molecule has 0 bridgehead atoms. The molecule has 21 heavy (non-hydrogen) atoms. The minimum absolute atomic E-state index is 0.0911. The largest absolute Gasteiger partial charge is 0.352 e. The van der Waals surface area contributed by atoms with Crippen molar-refractivity contribution in [2.24, 2.45) is 0 Å². The van der Waals surface area contributed by atoms with E-state index in [0.29, 0.717) is 25.9 Å². The Hall–Kier alpha value is -2.18. The van der Waals surface area contributed by atoms with Crippen LogP contribution in [0.25, 0.3) is 0 Å². The molecule has 112 valence electrons. The van der Waals surface area contributed by atoms with E-state index in [-0.39, 0.29) is 17.4 Å². The fourth-order valence-electron chi connectivity index (χ4n) is 2.82. The van der Waals surface area contributed by atoms with E-state index >= 15 is 0 Å². The van der Waals surface area contributed by atoms with E-state index in [0.717, 1.165) is 30.5 Å². The van der Waals surface area contributed by atoms with Crippen molar-refractivity contribution in [3.05, 3.63) is 27.7 Å². The lowest BCUT2D eigenvalue weighted by atomic mass is 10.2. The van der Waals surface area contributed by atoms with Gasteiger partial charge >= 0.3 is 0 Å². The third-order valence-corrected chi connectivity index (χ3v) is 3.96. The molecule has 1 unspecified atom stereocenters. The number of carbonyl (C=O) groups excluding carboxylic acids is 2. The van der Waals surface area contributed by atoms with E-state index in [1.54, 1.807) is 6.07 Å². The summed E-state index contributed by atoms with van der Waals surface area (Å²) in [5.74, 6) is -0.290. The molecular weight excluding hydrogens is 272 g/mol. The molecule has 1 fully saturated rings. The normalized spacial score (nSPS) is 20.2. The SMILES string of the molecule is O=C1CCC(C(=O)NCCn2nc3c(cc2=O)CCC3)N1. The second-order valence-electron chi connectivity index (χ2n) is 5.48. The predicted octanol–water partition coefficient (Wildman–Crippen LogP) is -0.873. The molecule has 7 heteroatoms. The number of amides is 2. The van der Waals surface area contributed by atoms with Gasteiger partial charge in [-0.3, -0.25) is 14.4 Å². The first-order chi connectivity index (χ1) is 10.1. The fourth-order valence-corrected chi connectivity index (χ4v) is 2.82. The minimum atomic E-state index is -0.442. The third kappa shape index (κ3) is 2.96. The van der Waals surface area contributed by atoms with Gasteiger partial charge in [0, 0.05) is 19.0 Å². The summed E-state index contributed by atoms with van der Waals surface area (Å²) in [5, 5.41) is 9.69. The topological polar surface area (TPSA) is 93.1 Å². The fraction of sp³-hybridized carbons (Fsp3) is 0.571. The Morgan fingerprint density at radius 1 is 1.38 bits per heavy atom. The molecule has 0 aromatic carbocycles. The standard InChI is InChI=1S/C14H18N4O3/c19-12-5-4-11(16-12)14(21)15-6-7-18-13(20)8-9-2-1-3-10(9)17-18/h8,11H,1-7H2,(H,15,21)(H,16,19). The van der Waals surface area contributed by atoms with Crippen LogP contribution in [0.4, 0.5) is 0 Å². The van der Waals surface area contributed by atoms with Crippen molar-refractivity contribution < 1.29 is 9.59 Å². The first-order valence-electron chi connectivity index (χ1n) is 7.30. The van der Waals surface area contributed by atoms with E-state index < -0.39 is 6.04 Å². The van der Waals surface area contributed by atoms with Crippen molar-refractivity contribution in [2.45, 2.75) is 44.7 Å². The molecule has 0 saturated carbocycles. The van der Waals surface area contributed by atoms with E-state index in [1.807, 2.05) is 0 Å². The Kier molecular flexibility index (Phi) is 3.72. The van der Waals surface area contributed by atoms with E-state index in [9.17, 15) is 14.4 Å². The summed E-state index contributed by atoms with van der Waals surface area (Å²) in [5.41, 5.74) is 1.91. The Morgan fingerprint density at radius 3 is 3.00 bits per heavy atom. The molecule has 2 N–H and O–H groups in total. The van der Waals surface area contributed by atoms with Gasteiger partial charge in [-0.2, -0.15) is 5.10 Å². The highest BCUT2D eigenvalue weighted by Crippen LogP contribution is 2.16. The zero-order valence-corrected chi connectivity index (χ0v) is 11.7. The summed E-state index contributed by atoms with van der Waals surface area (Å²) >= 11 is 0. The molecule has 1 aliphatic carbocycles. The second-order valence-corrected chi connectivity index (χ2v) is 5.48. The number of nitrogens with one attached hydrogen (secondary N) is 2. The van der Waals surface area contributed by atoms with Crippen LogP contribution in [0.15, 0.2) is 10.9 Å². The lowest BCUT2D eigenvalue weighted by Gasteiger charge is -2.11. The summed E-state index contributed by atoms with van der Waals surface area (Å²) in [4.78, 5) is 34.8. The lowest BCUT2D eigenvalue weighted by molar-refractivity contribution is -0.125. The number of carbonyl (C=O) groups is 2. The first kappa shape index (κ1) is 13.8. The zero-order chi connectivity index (χ0) is 14.8. The van der Waals surface area contributed by atoms with Gasteiger partial charge in [0.1, 0.15) is 6.04 Å². The van der Waals surface area contributed by atoms with Gasteiger partial charge in [-0.05, 0) is 31.2 Å². The molecule has 7 nitrogen and oxygen atoms in total. The van der Waals surface area contributed by atoms with E-state index in [4.69, 9.17) is 0 Å². The molecule has 1 atom stereocenters. The molecule has 2 aliphatic rings. The van der Waals surface area contributed by atoms with Crippen LogP contribution in [0.5, 0.6) is 0 Å². The summed E-state index contributed by atoms with van der Waals surface area (Å²) < 4.78 is 1.40. The Morgan fingerprint density at radius 2 is 2.24 bits per heavy atom. The van der Waals surface area contributed by atoms with Crippen molar-refractivity contribution in [1.29, 1.82) is 0 Å². The van der Waals surface area contributed by atoms with Crippen LogP contribution >= 0.6 is 0 Å². The van der Waals surface area contributed by atoms with Gasteiger partial charge in [0.05, 0.1) is 12.2 Å². The average Bonchev–Trinajstić information content (AvgIpc) is 3.07. The number of hydrogen-bond donors (Lipinski definition) is 2. The maximum Gasteiger partial charge on any atom is 0.267 e. The van der Waals surface area contributed by atoms with Crippen LogP contribution in [-0.2, 0) is 29.0 Å². The number of aromatic nitrogens is 2. The Bertz CT molecular complexity index is 638. The number of hydrogen-bond acceptors (Lipinski definition) is 4. The summed E-state index contributed by atoms with van der Waals surface area (Å²) in [6, 6.07) is 1.20. The van der Waals surface area contributed by atoms with Gasteiger partial charge in [0.2, 0.25) is 11.8 Å². The number of fused-ring (bicyclic) bond motifs is 1. The van der Waals surface area contributed by atoms with Crippen molar-refractivity contribution in [2.75, 3.05) is 6.54 Å². The molecule has 2 heterocycles. The number of rotatable bonds is 4. The van der Waals surface area contributed by atoms with E-state index in [2.05, 4.69) is 15.7 Å². The molecule has 0 spiro atoms. The van der Waals surface area contributed by atoms with Gasteiger partial charge in [-0.1, -0.05) is 0 Å². The molecule has 1 saturated heterocycles.